The molecule has 0 saturated carbocycles. The number of sulfonamides is 1. The number of rotatable bonds is 5. The summed E-state index contributed by atoms with van der Waals surface area (Å²) in [5, 5.41) is 45.1. The average molecular weight is 589 g/mol. The molecule has 1 aromatic carbocycles. The van der Waals surface area contributed by atoms with E-state index in [-0.39, 0.29) is 36.1 Å². The Bertz CT molecular complexity index is 1610. The van der Waals surface area contributed by atoms with Crippen molar-refractivity contribution in [3.05, 3.63) is 45.4 Å². The predicted molar refractivity (Wildman–Crippen MR) is 148 cm³/mol. The van der Waals surface area contributed by atoms with Gasteiger partial charge in [-0.05, 0) is 44.5 Å². The van der Waals surface area contributed by atoms with Gasteiger partial charge in [-0.25, -0.2) is 13.1 Å². The molecule has 7 N–H and O–H groups in total. The molecule has 0 aliphatic heterocycles. The number of nitrogens with two attached hydrogens (primary N) is 1. The largest absolute Gasteiger partial charge is 0.510 e. The van der Waals surface area contributed by atoms with Crippen molar-refractivity contribution in [1.29, 1.82) is 0 Å². The Morgan fingerprint density at radius 2 is 1.83 bits per heavy atom. The number of hydrogen-bond acceptors (Lipinski definition) is 11. The standard InChI is InChI=1S/C27H32N4O9S/c1-30(2)16-11-12(7-6-8-29-41(5,39)40)21(32)18-14(16)9-13-10-15-20(31(3)4)23(34)19(26(28)37)25(36)27(15,38)24(35)17(13)22(18)33/h11,13,15,20,29,32,34-35,38H,8-10H2,1-5H3,(H2,28,37)/t13-,15-,20-,27-/m0/s1. The number of nitrogens with zero attached hydrogens (tertiary/aromatic N) is 2. The maximum Gasteiger partial charge on any atom is 0.255 e. The fraction of sp³-hybridized carbons (Fsp3) is 0.444. The van der Waals surface area contributed by atoms with Gasteiger partial charge in [-0.15, -0.1) is 0 Å². The number of nitrogens with one attached hydrogen (secondary N) is 1. The van der Waals surface area contributed by atoms with E-state index in [2.05, 4.69) is 16.6 Å². The zero-order valence-electron chi connectivity index (χ0n) is 23.1. The number of carbonyl (C=O) groups excluding carboxylic acids is 3. The number of Topliss-reactive ketones (excluding diaryl/α,β-unsaturated/α-hetero) is 2. The number of hydrogen-bond donors (Lipinski definition) is 6. The van der Waals surface area contributed by atoms with Crippen LogP contribution in [-0.2, 0) is 26.0 Å². The molecule has 1 amide bonds. The molecular formula is C27H32N4O9S. The van der Waals surface area contributed by atoms with E-state index in [1.165, 1.54) is 4.90 Å². The van der Waals surface area contributed by atoms with Crippen LogP contribution < -0.4 is 15.4 Å². The van der Waals surface area contributed by atoms with E-state index in [9.17, 15) is 43.2 Å². The van der Waals surface area contributed by atoms with Crippen LogP contribution in [0.4, 0.5) is 5.69 Å². The van der Waals surface area contributed by atoms with E-state index < -0.39 is 73.8 Å². The number of carbonyl (C=O) groups is 3. The molecule has 0 bridgehead atoms. The van der Waals surface area contributed by atoms with Gasteiger partial charge in [-0.3, -0.25) is 19.3 Å². The van der Waals surface area contributed by atoms with E-state index in [0.29, 0.717) is 11.3 Å². The molecular weight excluding hydrogens is 556 g/mol. The summed E-state index contributed by atoms with van der Waals surface area (Å²) < 4.78 is 24.9. The summed E-state index contributed by atoms with van der Waals surface area (Å²) in [6.07, 6.45) is 1.06. The number of benzene rings is 1. The van der Waals surface area contributed by atoms with Crippen LogP contribution in [0.5, 0.6) is 5.75 Å². The smallest absolute Gasteiger partial charge is 0.255 e. The van der Waals surface area contributed by atoms with Crippen molar-refractivity contribution in [1.82, 2.24) is 9.62 Å². The van der Waals surface area contributed by atoms with Crippen molar-refractivity contribution >= 4 is 33.2 Å². The lowest BCUT2D eigenvalue weighted by atomic mass is 9.58. The van der Waals surface area contributed by atoms with Crippen LogP contribution in [-0.4, -0.2) is 104 Å². The first-order chi connectivity index (χ1) is 18.9. The lowest BCUT2D eigenvalue weighted by molar-refractivity contribution is -0.148. The van der Waals surface area contributed by atoms with Gasteiger partial charge in [0.15, 0.2) is 11.4 Å². The molecule has 14 heteroatoms. The van der Waals surface area contributed by atoms with Gasteiger partial charge < -0.3 is 31.1 Å². The van der Waals surface area contributed by atoms with Crippen molar-refractivity contribution in [2.45, 2.75) is 24.5 Å². The number of ketones is 2. The summed E-state index contributed by atoms with van der Waals surface area (Å²) >= 11 is 0. The Morgan fingerprint density at radius 3 is 2.37 bits per heavy atom. The first-order valence-electron chi connectivity index (χ1n) is 12.6. The lowest BCUT2D eigenvalue weighted by Gasteiger charge is -2.50. The highest BCUT2D eigenvalue weighted by molar-refractivity contribution is 7.88. The fourth-order valence-corrected chi connectivity index (χ4v) is 6.43. The molecule has 0 spiro atoms. The molecule has 0 fully saturated rings. The van der Waals surface area contributed by atoms with Gasteiger partial charge in [0.2, 0.25) is 15.8 Å². The quantitative estimate of drug-likeness (QED) is 0.183. The van der Waals surface area contributed by atoms with E-state index in [1.807, 2.05) is 0 Å². The molecule has 0 heterocycles. The van der Waals surface area contributed by atoms with Crippen LogP contribution >= 0.6 is 0 Å². The monoisotopic (exact) mass is 588 g/mol. The molecule has 41 heavy (non-hydrogen) atoms. The average Bonchev–Trinajstić information content (AvgIpc) is 2.83. The van der Waals surface area contributed by atoms with Crippen molar-refractivity contribution in [3.63, 3.8) is 0 Å². The van der Waals surface area contributed by atoms with Crippen molar-refractivity contribution in [3.8, 4) is 17.6 Å². The SMILES string of the molecule is CN(C)c1cc(C#CCNS(C)(=O)=O)c(O)c2c1C[C@H]1C[C@H]3[C@H](N(C)C)C(O)=C(C(N)=O)C(=O)[C@@]3(O)C(O)=C1C2=O. The zero-order valence-corrected chi connectivity index (χ0v) is 24.0. The van der Waals surface area contributed by atoms with Gasteiger partial charge in [0.1, 0.15) is 22.8 Å². The third kappa shape index (κ3) is 4.74. The van der Waals surface area contributed by atoms with Gasteiger partial charge in [0.25, 0.3) is 5.91 Å². The number of anilines is 1. The summed E-state index contributed by atoms with van der Waals surface area (Å²) in [5.41, 5.74) is 2.28. The number of amides is 1. The highest BCUT2D eigenvalue weighted by Crippen LogP contribution is 2.53. The van der Waals surface area contributed by atoms with Gasteiger partial charge in [-0.2, -0.15) is 0 Å². The van der Waals surface area contributed by atoms with Crippen molar-refractivity contribution in [2.24, 2.45) is 17.6 Å². The van der Waals surface area contributed by atoms with Crippen LogP contribution in [0.2, 0.25) is 0 Å². The summed E-state index contributed by atoms with van der Waals surface area (Å²) in [6.45, 7) is -0.249. The van der Waals surface area contributed by atoms with Crippen LogP contribution in [0.1, 0.15) is 27.9 Å². The van der Waals surface area contributed by atoms with E-state index in [0.717, 1.165) is 6.26 Å². The second-order valence-electron chi connectivity index (χ2n) is 10.9. The van der Waals surface area contributed by atoms with Crippen molar-refractivity contribution in [2.75, 3.05) is 45.9 Å². The van der Waals surface area contributed by atoms with Gasteiger partial charge in [0, 0.05) is 31.3 Å². The molecule has 0 saturated heterocycles. The Labute approximate surface area is 237 Å². The molecule has 0 unspecified atom stereocenters. The second-order valence-corrected chi connectivity index (χ2v) is 12.7. The molecule has 0 radical (unpaired) electrons. The van der Waals surface area contributed by atoms with Crippen LogP contribution in [0.3, 0.4) is 0 Å². The Hall–Kier alpha value is -3.90. The molecule has 4 atom stereocenters. The summed E-state index contributed by atoms with van der Waals surface area (Å²) in [7, 11) is 3.05. The predicted octanol–water partition coefficient (Wildman–Crippen LogP) is -0.913. The second kappa shape index (κ2) is 10.2. The topological polar surface area (TPSA) is 211 Å². The number of primary amides is 1. The number of aliphatic hydroxyl groups excluding tert-OH is 2. The zero-order chi connectivity index (χ0) is 30.8. The van der Waals surface area contributed by atoms with Gasteiger partial charge in [-0.1, -0.05) is 11.8 Å². The summed E-state index contributed by atoms with van der Waals surface area (Å²) in [6, 6.07) is 0.476. The third-order valence-corrected chi connectivity index (χ3v) is 8.50. The highest BCUT2D eigenvalue weighted by atomic mass is 32.2. The minimum absolute atomic E-state index is 0.0207. The molecule has 3 aliphatic carbocycles. The molecule has 4 rings (SSSR count). The number of aliphatic hydroxyl groups is 3. The Kier molecular flexibility index (Phi) is 7.47. The van der Waals surface area contributed by atoms with E-state index in [4.69, 9.17) is 5.73 Å². The summed E-state index contributed by atoms with van der Waals surface area (Å²) in [5.74, 6) is -2.16. The maximum atomic E-state index is 14.0. The van der Waals surface area contributed by atoms with Gasteiger partial charge >= 0.3 is 0 Å². The molecule has 13 nitrogen and oxygen atoms in total. The minimum Gasteiger partial charge on any atom is -0.510 e. The Morgan fingerprint density at radius 1 is 1.20 bits per heavy atom. The van der Waals surface area contributed by atoms with Gasteiger partial charge in [0.05, 0.1) is 30.0 Å². The first kappa shape index (κ1) is 30.1. The third-order valence-electron chi connectivity index (χ3n) is 7.83. The number of phenols is 1. The molecule has 3 aliphatic rings. The fourth-order valence-electron chi connectivity index (χ4n) is 6.10. The number of fused-ring (bicyclic) bond motifs is 3. The van der Waals surface area contributed by atoms with E-state index >= 15 is 0 Å². The van der Waals surface area contributed by atoms with Crippen LogP contribution in [0, 0.1) is 23.7 Å². The lowest BCUT2D eigenvalue weighted by Crippen LogP contribution is -2.63. The molecule has 220 valence electrons. The normalized spacial score (nSPS) is 25.8. The highest BCUT2D eigenvalue weighted by Gasteiger charge is 2.63. The number of aromatic hydroxyl groups is 1. The number of likely N-dealkylation sites (N-methyl/N-ethyl adjacent to an activating group) is 1. The Balaban J connectivity index is 1.92. The number of allylic oxidation sites excluding steroid dienone is 1. The number of phenolic OH excluding ortho intramolecular Hbond substituents is 1. The van der Waals surface area contributed by atoms with E-state index in [1.54, 1.807) is 39.2 Å². The van der Waals surface area contributed by atoms with Crippen molar-refractivity contribution < 1.29 is 43.2 Å². The maximum absolute atomic E-state index is 14.0. The summed E-state index contributed by atoms with van der Waals surface area (Å²) in [4.78, 5) is 42.7. The molecule has 0 aromatic heterocycles. The minimum atomic E-state index is -3.51. The first-order valence-corrected chi connectivity index (χ1v) is 14.5. The molecule has 1 aromatic rings. The van der Waals surface area contributed by atoms with Crippen LogP contribution in [0.25, 0.3) is 0 Å². The van der Waals surface area contributed by atoms with Crippen LogP contribution in [0.15, 0.2) is 28.7 Å².